The third kappa shape index (κ3) is 3.63. The lowest BCUT2D eigenvalue weighted by molar-refractivity contribution is -0.123. The molecule has 0 bridgehead atoms. The van der Waals surface area contributed by atoms with Gasteiger partial charge in [0.2, 0.25) is 5.91 Å². The summed E-state index contributed by atoms with van der Waals surface area (Å²) in [6.45, 7) is 0. The Labute approximate surface area is 164 Å². The molecule has 0 aliphatic heterocycles. The maximum absolute atomic E-state index is 13.3. The van der Waals surface area contributed by atoms with Crippen LogP contribution in [-0.4, -0.2) is 25.6 Å². The molecule has 3 atom stereocenters. The van der Waals surface area contributed by atoms with Gasteiger partial charge in [-0.1, -0.05) is 44.3 Å². The molecule has 0 aromatic carbocycles. The zero-order valence-corrected chi connectivity index (χ0v) is 17.2. The summed E-state index contributed by atoms with van der Waals surface area (Å²) in [4.78, 5) is 17.9. The van der Waals surface area contributed by atoms with Crippen molar-refractivity contribution in [2.45, 2.75) is 44.9 Å². The number of sulfone groups is 1. The summed E-state index contributed by atoms with van der Waals surface area (Å²) >= 11 is 1.43. The zero-order chi connectivity index (χ0) is 19.1. The summed E-state index contributed by atoms with van der Waals surface area (Å²) in [7, 11) is -3.20. The monoisotopic (exact) mass is 406 g/mol. The number of thiazole rings is 1. The highest BCUT2D eigenvalue weighted by atomic mass is 32.2. The molecule has 0 spiro atoms. The molecule has 1 aromatic rings. The molecule has 1 heterocycles. The number of hydrogen-bond donors (Lipinski definition) is 1. The molecule has 2 saturated carbocycles. The second-order valence-electron chi connectivity index (χ2n) is 8.12. The second kappa shape index (κ2) is 7.17. The van der Waals surface area contributed by atoms with Gasteiger partial charge >= 0.3 is 0 Å². The third-order valence-electron chi connectivity index (χ3n) is 6.51. The normalized spacial score (nSPS) is 31.4. The van der Waals surface area contributed by atoms with Crippen LogP contribution in [0.1, 0.15) is 44.9 Å². The van der Waals surface area contributed by atoms with E-state index in [0.29, 0.717) is 28.3 Å². The Kier molecular flexibility index (Phi) is 5.01. The smallest absolute Gasteiger partial charge is 0.233 e. The van der Waals surface area contributed by atoms with Gasteiger partial charge in [-0.2, -0.15) is 0 Å². The van der Waals surface area contributed by atoms with Crippen molar-refractivity contribution in [3.8, 4) is 0 Å². The average molecular weight is 407 g/mol. The van der Waals surface area contributed by atoms with Gasteiger partial charge in [0, 0.05) is 17.8 Å². The fourth-order valence-corrected chi connectivity index (χ4v) is 6.29. The molecule has 146 valence electrons. The van der Waals surface area contributed by atoms with E-state index in [4.69, 9.17) is 0 Å². The molecule has 3 aliphatic rings. The van der Waals surface area contributed by atoms with Crippen LogP contribution in [0.15, 0.2) is 34.7 Å². The molecular weight excluding hydrogens is 380 g/mol. The van der Waals surface area contributed by atoms with E-state index in [-0.39, 0.29) is 11.8 Å². The summed E-state index contributed by atoms with van der Waals surface area (Å²) < 4.78 is 23.6. The number of anilines is 1. The van der Waals surface area contributed by atoms with E-state index in [1.165, 1.54) is 49.7 Å². The van der Waals surface area contributed by atoms with E-state index < -0.39 is 15.3 Å². The lowest BCUT2D eigenvalue weighted by Gasteiger charge is -2.30. The maximum atomic E-state index is 13.3. The van der Waals surface area contributed by atoms with Crippen LogP contribution in [0.5, 0.6) is 0 Å². The van der Waals surface area contributed by atoms with Crippen LogP contribution in [0.3, 0.4) is 0 Å². The number of aromatic nitrogens is 1. The second-order valence-corrected chi connectivity index (χ2v) is 11.0. The molecule has 1 amide bonds. The first-order valence-corrected chi connectivity index (χ1v) is 12.5. The quantitative estimate of drug-likeness (QED) is 0.796. The van der Waals surface area contributed by atoms with Crippen LogP contribution in [-0.2, 0) is 14.6 Å². The molecule has 5 nitrogen and oxygen atoms in total. The van der Waals surface area contributed by atoms with Gasteiger partial charge in [0.1, 0.15) is 0 Å². The Bertz CT molecular complexity index is 867. The van der Waals surface area contributed by atoms with E-state index >= 15 is 0 Å². The molecule has 7 heteroatoms. The predicted octanol–water partition coefficient (Wildman–Crippen LogP) is 4.17. The number of carbonyl (C=O) groups excluding carboxylic acids is 1. The van der Waals surface area contributed by atoms with Crippen molar-refractivity contribution >= 4 is 32.2 Å². The third-order valence-corrected chi connectivity index (χ3v) is 8.36. The molecule has 0 saturated heterocycles. The van der Waals surface area contributed by atoms with Gasteiger partial charge in [-0.15, -0.1) is 11.3 Å². The molecule has 1 aromatic heterocycles. The molecule has 27 heavy (non-hydrogen) atoms. The van der Waals surface area contributed by atoms with Crippen LogP contribution >= 0.6 is 11.3 Å². The van der Waals surface area contributed by atoms with Gasteiger partial charge in [0.15, 0.2) is 15.0 Å². The highest BCUT2D eigenvalue weighted by Crippen LogP contribution is 2.65. The molecule has 0 radical (unpaired) electrons. The van der Waals surface area contributed by atoms with Gasteiger partial charge in [-0.25, -0.2) is 13.4 Å². The summed E-state index contributed by atoms with van der Waals surface area (Å²) in [5, 5.41) is 5.52. The van der Waals surface area contributed by atoms with Crippen molar-refractivity contribution in [2.24, 2.45) is 23.2 Å². The summed E-state index contributed by atoms with van der Waals surface area (Å²) in [5.74, 6) is 1.10. The Morgan fingerprint density at radius 1 is 1.30 bits per heavy atom. The standard InChI is InChI=1S/C20H26N2O3S2/c1-27(24,25)16-9-7-15(8-10-16)20(18(23)22-19-21-11-12-26-19)13-17(20)14-5-3-2-4-6-14/h7,9-12,14-15,17H,2-6,8,13H2,1H3,(H,21,22,23)/t15-,17-,20-/m0/s1. The van der Waals surface area contributed by atoms with E-state index in [9.17, 15) is 13.2 Å². The molecule has 1 N–H and O–H groups in total. The van der Waals surface area contributed by atoms with Crippen molar-refractivity contribution < 1.29 is 13.2 Å². The zero-order valence-electron chi connectivity index (χ0n) is 15.6. The van der Waals surface area contributed by atoms with Crippen LogP contribution in [0.2, 0.25) is 0 Å². The van der Waals surface area contributed by atoms with Gasteiger partial charge in [-0.3, -0.25) is 4.79 Å². The van der Waals surface area contributed by atoms with Crippen molar-refractivity contribution in [2.75, 3.05) is 11.6 Å². The first-order valence-electron chi connectivity index (χ1n) is 9.70. The van der Waals surface area contributed by atoms with Crippen LogP contribution in [0.25, 0.3) is 0 Å². The van der Waals surface area contributed by atoms with Crippen molar-refractivity contribution in [1.82, 2.24) is 4.98 Å². The number of rotatable bonds is 5. The Morgan fingerprint density at radius 3 is 2.67 bits per heavy atom. The van der Waals surface area contributed by atoms with Crippen molar-refractivity contribution in [3.05, 3.63) is 34.7 Å². The molecule has 0 unspecified atom stereocenters. The number of carbonyl (C=O) groups is 1. The molecule has 3 aliphatic carbocycles. The van der Waals surface area contributed by atoms with Gasteiger partial charge in [-0.05, 0) is 36.7 Å². The number of hydrogen-bond acceptors (Lipinski definition) is 5. The van der Waals surface area contributed by atoms with E-state index in [2.05, 4.69) is 10.3 Å². The molecule has 2 fully saturated rings. The average Bonchev–Trinajstić information content (AvgIpc) is 3.23. The van der Waals surface area contributed by atoms with Crippen molar-refractivity contribution in [1.29, 1.82) is 0 Å². The minimum Gasteiger partial charge on any atom is -0.301 e. The van der Waals surface area contributed by atoms with E-state index in [1.807, 2.05) is 11.5 Å². The first kappa shape index (κ1) is 18.9. The number of nitrogens with one attached hydrogen (secondary N) is 1. The van der Waals surface area contributed by atoms with Gasteiger partial charge in [0.05, 0.1) is 10.3 Å². The highest BCUT2D eigenvalue weighted by Gasteiger charge is 2.65. The van der Waals surface area contributed by atoms with Crippen LogP contribution in [0, 0.1) is 23.2 Å². The number of nitrogens with zero attached hydrogens (tertiary/aromatic N) is 1. The molecular formula is C20H26N2O3S2. The fraction of sp³-hybridized carbons (Fsp3) is 0.600. The minimum atomic E-state index is -3.20. The van der Waals surface area contributed by atoms with E-state index in [1.54, 1.807) is 18.3 Å². The van der Waals surface area contributed by atoms with E-state index in [0.717, 1.165) is 6.42 Å². The van der Waals surface area contributed by atoms with Crippen LogP contribution < -0.4 is 5.32 Å². The van der Waals surface area contributed by atoms with Crippen molar-refractivity contribution in [3.63, 3.8) is 0 Å². The SMILES string of the molecule is CS(=O)(=O)C1=CC[C@@H]([C@@]2(C(=O)Nc3nccs3)C[C@H]2C2CCCCC2)C=C1. The number of allylic oxidation sites excluding steroid dienone is 3. The molecule has 4 rings (SSSR count). The lowest BCUT2D eigenvalue weighted by Crippen LogP contribution is -2.34. The maximum Gasteiger partial charge on any atom is 0.233 e. The van der Waals surface area contributed by atoms with Crippen LogP contribution in [0.4, 0.5) is 5.13 Å². The summed E-state index contributed by atoms with van der Waals surface area (Å²) in [5.41, 5.74) is -0.427. The largest absolute Gasteiger partial charge is 0.301 e. The Hall–Kier alpha value is -1.47. The fourth-order valence-electron chi connectivity index (χ4n) is 5.04. The minimum absolute atomic E-state index is 0.0508. The van der Waals surface area contributed by atoms with Gasteiger partial charge in [0.25, 0.3) is 0 Å². The topological polar surface area (TPSA) is 76.1 Å². The Morgan fingerprint density at radius 2 is 2.07 bits per heavy atom. The summed E-state index contributed by atoms with van der Waals surface area (Å²) in [6, 6.07) is 0. The Balaban J connectivity index is 1.57. The highest BCUT2D eigenvalue weighted by molar-refractivity contribution is 7.94. The predicted molar refractivity (Wildman–Crippen MR) is 108 cm³/mol. The lowest BCUT2D eigenvalue weighted by atomic mass is 9.76. The number of amides is 1. The first-order chi connectivity index (χ1) is 12.9. The van der Waals surface area contributed by atoms with Gasteiger partial charge < -0.3 is 5.32 Å². The summed E-state index contributed by atoms with van der Waals surface area (Å²) in [6.07, 6.45) is 16.1.